The molecule has 1 aromatic rings. The average molecular weight is 332 g/mol. The highest BCUT2D eigenvalue weighted by Crippen LogP contribution is 2.31. The number of hydrogen-bond donors (Lipinski definition) is 2. The summed E-state index contributed by atoms with van der Waals surface area (Å²) in [6.07, 6.45) is 0. The molecule has 2 N–H and O–H groups in total. The highest BCUT2D eigenvalue weighted by molar-refractivity contribution is 6.08. The lowest BCUT2D eigenvalue weighted by atomic mass is 9.85. The molecule has 0 radical (unpaired) electrons. The van der Waals surface area contributed by atoms with Crippen molar-refractivity contribution in [1.29, 1.82) is 0 Å². The van der Waals surface area contributed by atoms with E-state index >= 15 is 0 Å². The molecule has 0 aliphatic carbocycles. The Morgan fingerprint density at radius 1 is 1.33 bits per heavy atom. The smallest absolute Gasteiger partial charge is 0.337 e. The quantitative estimate of drug-likeness (QED) is 0.802. The van der Waals surface area contributed by atoms with Gasteiger partial charge in [0.1, 0.15) is 5.70 Å². The summed E-state index contributed by atoms with van der Waals surface area (Å²) >= 11 is 0. The van der Waals surface area contributed by atoms with Gasteiger partial charge in [-0.25, -0.2) is 4.79 Å². The van der Waals surface area contributed by atoms with Crippen molar-refractivity contribution in [2.24, 2.45) is 0 Å². The molecule has 6 nitrogen and oxygen atoms in total. The van der Waals surface area contributed by atoms with E-state index in [1.54, 1.807) is 0 Å². The Balaban J connectivity index is 2.42. The van der Waals surface area contributed by atoms with Crippen molar-refractivity contribution in [3.05, 3.63) is 41.1 Å². The summed E-state index contributed by atoms with van der Waals surface area (Å²) in [5.41, 5.74) is 2.18. The van der Waals surface area contributed by atoms with Crippen molar-refractivity contribution in [1.82, 2.24) is 4.90 Å². The number of hydrogen-bond acceptors (Lipinski definition) is 5. The van der Waals surface area contributed by atoms with E-state index in [-0.39, 0.29) is 42.3 Å². The third-order valence-corrected chi connectivity index (χ3v) is 3.95. The highest BCUT2D eigenvalue weighted by atomic mass is 16.5. The maximum atomic E-state index is 12.6. The minimum Gasteiger partial charge on any atom is -0.466 e. The number of aliphatic hydroxyl groups is 1. The van der Waals surface area contributed by atoms with Gasteiger partial charge < -0.3 is 20.1 Å². The molecule has 0 unspecified atom stereocenters. The van der Waals surface area contributed by atoms with Gasteiger partial charge in [0, 0.05) is 12.2 Å². The van der Waals surface area contributed by atoms with Gasteiger partial charge >= 0.3 is 5.97 Å². The Kier molecular flexibility index (Phi) is 5.29. The number of nitrogens with one attached hydrogen (secondary N) is 1. The number of rotatable bonds is 5. The second kappa shape index (κ2) is 7.05. The van der Waals surface area contributed by atoms with Crippen LogP contribution in [0.1, 0.15) is 26.3 Å². The third kappa shape index (κ3) is 3.59. The Labute approximate surface area is 142 Å². The fourth-order valence-electron chi connectivity index (χ4n) is 2.73. The molecule has 130 valence electrons. The Bertz CT molecular complexity index is 674. The number of methoxy groups -OCH3 is 1. The molecule has 0 atom stereocenters. The summed E-state index contributed by atoms with van der Waals surface area (Å²) in [7, 11) is 1.29. The van der Waals surface area contributed by atoms with Crippen LogP contribution in [-0.4, -0.2) is 48.7 Å². The van der Waals surface area contributed by atoms with Crippen LogP contribution in [0.25, 0.3) is 0 Å². The number of ether oxygens (including phenoxy) is 1. The number of carbonyl (C=O) groups excluding carboxylic acids is 2. The van der Waals surface area contributed by atoms with Gasteiger partial charge in [0.15, 0.2) is 0 Å². The van der Waals surface area contributed by atoms with E-state index in [4.69, 9.17) is 9.84 Å². The van der Waals surface area contributed by atoms with E-state index in [2.05, 4.69) is 26.1 Å². The zero-order chi connectivity index (χ0) is 17.9. The predicted molar refractivity (Wildman–Crippen MR) is 91.5 cm³/mol. The molecule has 1 aromatic carbocycles. The van der Waals surface area contributed by atoms with Crippen molar-refractivity contribution in [3.8, 4) is 0 Å². The summed E-state index contributed by atoms with van der Waals surface area (Å²) < 4.78 is 4.80. The number of carbonyl (C=O) groups is 2. The monoisotopic (exact) mass is 332 g/mol. The fraction of sp³-hybridized carbons (Fsp3) is 0.444. The fourth-order valence-corrected chi connectivity index (χ4v) is 2.73. The maximum absolute atomic E-state index is 12.6. The summed E-state index contributed by atoms with van der Waals surface area (Å²) in [5, 5.41) is 12.2. The number of anilines is 1. The number of esters is 1. The molecule has 6 heteroatoms. The van der Waals surface area contributed by atoms with Crippen LogP contribution >= 0.6 is 0 Å². The van der Waals surface area contributed by atoms with Crippen LogP contribution in [0.5, 0.6) is 0 Å². The number of amides is 1. The first kappa shape index (κ1) is 18.0. The van der Waals surface area contributed by atoms with E-state index in [9.17, 15) is 9.59 Å². The molecule has 0 bridgehead atoms. The first-order valence-electron chi connectivity index (χ1n) is 7.87. The van der Waals surface area contributed by atoms with Crippen LogP contribution in [0.15, 0.2) is 35.5 Å². The van der Waals surface area contributed by atoms with Gasteiger partial charge in [0.05, 0.1) is 25.8 Å². The predicted octanol–water partition coefficient (Wildman–Crippen LogP) is 1.66. The molecule has 0 spiro atoms. The Morgan fingerprint density at radius 3 is 2.58 bits per heavy atom. The number of aliphatic hydroxyl groups excluding tert-OH is 1. The molecule has 1 aliphatic rings. The molecule has 24 heavy (non-hydrogen) atoms. The van der Waals surface area contributed by atoms with Gasteiger partial charge in [-0.15, -0.1) is 0 Å². The molecule has 0 saturated heterocycles. The Morgan fingerprint density at radius 2 is 2.00 bits per heavy atom. The second-order valence-electron chi connectivity index (χ2n) is 6.72. The molecule has 1 heterocycles. The van der Waals surface area contributed by atoms with Crippen molar-refractivity contribution in [2.75, 3.05) is 32.1 Å². The van der Waals surface area contributed by atoms with Gasteiger partial charge in [0.2, 0.25) is 0 Å². The molecular formula is C18H24N2O4. The summed E-state index contributed by atoms with van der Waals surface area (Å²) in [4.78, 5) is 26.0. The van der Waals surface area contributed by atoms with Crippen molar-refractivity contribution >= 4 is 17.6 Å². The largest absolute Gasteiger partial charge is 0.466 e. The van der Waals surface area contributed by atoms with Crippen LogP contribution in [0, 0.1) is 0 Å². The lowest BCUT2D eigenvalue weighted by molar-refractivity contribution is -0.136. The lowest BCUT2D eigenvalue weighted by Crippen LogP contribution is -2.31. The van der Waals surface area contributed by atoms with Crippen LogP contribution in [0.2, 0.25) is 0 Å². The van der Waals surface area contributed by atoms with Gasteiger partial charge in [-0.1, -0.05) is 39.0 Å². The van der Waals surface area contributed by atoms with Crippen LogP contribution in [0.4, 0.5) is 5.69 Å². The van der Waals surface area contributed by atoms with Crippen molar-refractivity contribution in [2.45, 2.75) is 26.2 Å². The van der Waals surface area contributed by atoms with E-state index in [1.165, 1.54) is 12.0 Å². The van der Waals surface area contributed by atoms with Gasteiger partial charge in [0.25, 0.3) is 5.91 Å². The first-order valence-corrected chi connectivity index (χ1v) is 7.87. The number of β-amino-alcohol motifs (C(OH)–C–C–N with tert-alkyl or cyclic N) is 1. The molecule has 0 aromatic heterocycles. The average Bonchev–Trinajstić information content (AvgIpc) is 2.83. The van der Waals surface area contributed by atoms with Crippen LogP contribution in [0.3, 0.4) is 0 Å². The minimum absolute atomic E-state index is 0.123. The third-order valence-electron chi connectivity index (χ3n) is 3.95. The number of benzene rings is 1. The zero-order valence-electron chi connectivity index (χ0n) is 14.5. The maximum Gasteiger partial charge on any atom is 0.337 e. The second-order valence-corrected chi connectivity index (χ2v) is 6.72. The zero-order valence-corrected chi connectivity index (χ0v) is 14.5. The van der Waals surface area contributed by atoms with E-state index in [1.807, 2.05) is 24.3 Å². The van der Waals surface area contributed by atoms with E-state index in [0.717, 1.165) is 11.3 Å². The molecule has 2 rings (SSSR count). The van der Waals surface area contributed by atoms with Crippen molar-refractivity contribution in [3.63, 3.8) is 0 Å². The highest BCUT2D eigenvalue weighted by Gasteiger charge is 2.35. The van der Waals surface area contributed by atoms with Gasteiger partial charge in [-0.05, 0) is 17.0 Å². The Hall–Kier alpha value is -2.34. The van der Waals surface area contributed by atoms with E-state index in [0.29, 0.717) is 0 Å². The SMILES string of the molecule is COC(=O)C1=C(Nc2ccccc2C(C)(C)C)C(=O)N(CCO)C1. The standard InChI is InChI=1S/C18H24N2O4/c1-18(2,3)13-7-5-6-8-14(13)19-15-12(17(23)24-4)11-20(9-10-21)16(15)22/h5-8,19,21H,9-11H2,1-4H3. The summed E-state index contributed by atoms with van der Waals surface area (Å²) in [6.45, 7) is 6.39. The van der Waals surface area contributed by atoms with Gasteiger partial charge in [-0.3, -0.25) is 4.79 Å². The molecule has 1 amide bonds. The van der Waals surface area contributed by atoms with Crippen LogP contribution < -0.4 is 5.32 Å². The first-order chi connectivity index (χ1) is 11.3. The van der Waals surface area contributed by atoms with Crippen LogP contribution in [-0.2, 0) is 19.7 Å². The van der Waals surface area contributed by atoms with Crippen molar-refractivity contribution < 1.29 is 19.4 Å². The summed E-state index contributed by atoms with van der Waals surface area (Å²) in [5.74, 6) is -0.854. The van der Waals surface area contributed by atoms with E-state index < -0.39 is 5.97 Å². The summed E-state index contributed by atoms with van der Waals surface area (Å²) in [6, 6.07) is 7.69. The lowest BCUT2D eigenvalue weighted by Gasteiger charge is -2.24. The molecule has 0 saturated carbocycles. The van der Waals surface area contributed by atoms with Gasteiger partial charge in [-0.2, -0.15) is 0 Å². The molecule has 1 aliphatic heterocycles. The normalized spacial score (nSPS) is 15.0. The minimum atomic E-state index is -0.542. The topological polar surface area (TPSA) is 78.9 Å². The molecule has 0 fully saturated rings. The number of nitrogens with zero attached hydrogens (tertiary/aromatic N) is 1. The molecular weight excluding hydrogens is 308 g/mol. The number of para-hydroxylation sites is 1.